The number of aromatic hydroxyl groups is 1. The second kappa shape index (κ2) is 10.8. The molecule has 2 aromatic carbocycles. The predicted octanol–water partition coefficient (Wildman–Crippen LogP) is 4.41. The van der Waals surface area contributed by atoms with Crippen LogP contribution >= 0.6 is 12.2 Å². The van der Waals surface area contributed by atoms with Crippen LogP contribution in [0.1, 0.15) is 37.8 Å². The van der Waals surface area contributed by atoms with Crippen molar-refractivity contribution in [2.45, 2.75) is 39.7 Å². The smallest absolute Gasteiger partial charge is 0.311 e. The molecule has 2 aromatic rings. The number of methoxy groups -OCH3 is 1. The van der Waals surface area contributed by atoms with Gasteiger partial charge in [-0.15, -0.1) is 0 Å². The second-order valence-corrected chi connectivity index (χ2v) is 8.06. The third kappa shape index (κ3) is 7.38. The van der Waals surface area contributed by atoms with Gasteiger partial charge in [-0.3, -0.25) is 4.79 Å². The van der Waals surface area contributed by atoms with Crippen molar-refractivity contribution < 1.29 is 19.4 Å². The summed E-state index contributed by atoms with van der Waals surface area (Å²) in [6.07, 6.45) is 1.94. The number of carbonyl (C=O) groups is 1. The zero-order valence-electron chi connectivity index (χ0n) is 17.2. The van der Waals surface area contributed by atoms with E-state index in [1.807, 2.05) is 50.2 Å². The molecule has 0 saturated carbocycles. The van der Waals surface area contributed by atoms with Crippen LogP contribution in [0.4, 0.5) is 0 Å². The fourth-order valence-corrected chi connectivity index (χ4v) is 3.11. The summed E-state index contributed by atoms with van der Waals surface area (Å²) in [5, 5.41) is 12.8. The van der Waals surface area contributed by atoms with Crippen molar-refractivity contribution in [3.05, 3.63) is 59.7 Å². The summed E-state index contributed by atoms with van der Waals surface area (Å²) in [5.74, 6) is 0.340. The number of ether oxygens (including phenoxy) is 2. The van der Waals surface area contributed by atoms with Crippen LogP contribution in [-0.2, 0) is 22.5 Å². The van der Waals surface area contributed by atoms with Crippen LogP contribution in [0.2, 0.25) is 0 Å². The number of hydrogen-bond acceptors (Lipinski definition) is 5. The zero-order chi connectivity index (χ0) is 21.3. The first kappa shape index (κ1) is 22.7. The van der Waals surface area contributed by atoms with Crippen LogP contribution < -0.4 is 10.1 Å². The first-order valence-electron chi connectivity index (χ1n) is 9.65. The largest absolute Gasteiger partial charge is 0.504 e. The minimum absolute atomic E-state index is 0.107. The van der Waals surface area contributed by atoms with Crippen LogP contribution in [0.3, 0.4) is 0 Å². The Hall–Kier alpha value is -2.60. The van der Waals surface area contributed by atoms with E-state index in [-0.39, 0.29) is 11.7 Å². The molecule has 0 spiro atoms. The molecule has 0 aromatic heterocycles. The monoisotopic (exact) mass is 415 g/mol. The molecule has 156 valence electrons. The first-order valence-corrected chi connectivity index (χ1v) is 10.1. The molecule has 0 heterocycles. The molecule has 29 heavy (non-hydrogen) atoms. The van der Waals surface area contributed by atoms with Crippen molar-refractivity contribution in [3.63, 3.8) is 0 Å². The third-order valence-corrected chi connectivity index (χ3v) is 4.91. The Kier molecular flexibility index (Phi) is 8.46. The lowest BCUT2D eigenvalue weighted by Gasteiger charge is -2.22. The highest BCUT2D eigenvalue weighted by atomic mass is 32.1. The molecule has 0 amide bonds. The average molecular weight is 416 g/mol. The average Bonchev–Trinajstić information content (AvgIpc) is 2.70. The van der Waals surface area contributed by atoms with Crippen LogP contribution in [-0.4, -0.2) is 29.8 Å². The van der Waals surface area contributed by atoms with Gasteiger partial charge in [-0.2, -0.15) is 0 Å². The number of benzene rings is 2. The van der Waals surface area contributed by atoms with E-state index in [1.54, 1.807) is 12.1 Å². The minimum atomic E-state index is -0.571. The molecule has 0 atom stereocenters. The Morgan fingerprint density at radius 1 is 1.14 bits per heavy atom. The van der Waals surface area contributed by atoms with Crippen molar-refractivity contribution in [1.82, 2.24) is 5.32 Å². The summed E-state index contributed by atoms with van der Waals surface area (Å²) >= 11 is 5.35. The lowest BCUT2D eigenvalue weighted by Crippen LogP contribution is -2.29. The summed E-state index contributed by atoms with van der Waals surface area (Å²) in [7, 11) is 1.51. The van der Waals surface area contributed by atoms with Crippen LogP contribution in [0.5, 0.6) is 11.5 Å². The van der Waals surface area contributed by atoms with Gasteiger partial charge in [-0.05, 0) is 49.9 Å². The number of carbonyl (C=O) groups excluding carboxylic acids is 1. The number of phenols is 1. The highest BCUT2D eigenvalue weighted by Gasteiger charge is 2.29. The number of rotatable bonds is 10. The Balaban J connectivity index is 1.68. The van der Waals surface area contributed by atoms with E-state index < -0.39 is 5.41 Å². The van der Waals surface area contributed by atoms with E-state index in [2.05, 4.69) is 5.32 Å². The number of nitrogens with one attached hydrogen (secondary N) is 1. The fraction of sp³-hybridized carbons (Fsp3) is 0.391. The van der Waals surface area contributed by atoms with Crippen LogP contribution in [0, 0.1) is 5.41 Å². The van der Waals surface area contributed by atoms with Crippen molar-refractivity contribution in [3.8, 4) is 11.5 Å². The Morgan fingerprint density at radius 3 is 2.55 bits per heavy atom. The first-order chi connectivity index (χ1) is 13.8. The molecular weight excluding hydrogens is 386 g/mol. The van der Waals surface area contributed by atoms with Gasteiger partial charge in [0.25, 0.3) is 0 Å². The van der Waals surface area contributed by atoms with E-state index in [9.17, 15) is 9.90 Å². The zero-order valence-corrected chi connectivity index (χ0v) is 18.1. The van der Waals surface area contributed by atoms with Gasteiger partial charge in [0.2, 0.25) is 0 Å². The van der Waals surface area contributed by atoms with Crippen molar-refractivity contribution in [1.29, 1.82) is 0 Å². The maximum absolute atomic E-state index is 12.4. The van der Waals surface area contributed by atoms with Gasteiger partial charge >= 0.3 is 5.97 Å². The van der Waals surface area contributed by atoms with Gasteiger partial charge in [0.05, 0.1) is 24.1 Å². The van der Waals surface area contributed by atoms with E-state index in [4.69, 9.17) is 21.7 Å². The highest BCUT2D eigenvalue weighted by Crippen LogP contribution is 2.26. The molecule has 2 N–H and O–H groups in total. The molecule has 0 unspecified atom stereocenters. The summed E-state index contributed by atoms with van der Waals surface area (Å²) in [6, 6.07) is 15.1. The molecule has 0 saturated heterocycles. The fourth-order valence-electron chi connectivity index (χ4n) is 2.89. The molecule has 0 aliphatic carbocycles. The lowest BCUT2D eigenvalue weighted by molar-refractivity contribution is -0.153. The summed E-state index contributed by atoms with van der Waals surface area (Å²) in [4.78, 5) is 13.1. The summed E-state index contributed by atoms with van der Waals surface area (Å²) in [6.45, 7) is 4.69. The molecular formula is C23H29NO4S. The quantitative estimate of drug-likeness (QED) is 0.340. The molecule has 0 bridgehead atoms. The maximum Gasteiger partial charge on any atom is 0.311 e. The SMILES string of the molecule is COc1cc(CNC(=S)CCCOC(=O)C(C)(C)Cc2ccccc2)ccc1O. The van der Waals surface area contributed by atoms with Gasteiger partial charge in [0.15, 0.2) is 11.5 Å². The topological polar surface area (TPSA) is 67.8 Å². The third-order valence-electron chi connectivity index (χ3n) is 4.56. The normalized spacial score (nSPS) is 11.0. The van der Waals surface area contributed by atoms with E-state index >= 15 is 0 Å². The van der Waals surface area contributed by atoms with E-state index in [0.29, 0.717) is 43.2 Å². The molecule has 0 radical (unpaired) electrons. The maximum atomic E-state index is 12.4. The van der Waals surface area contributed by atoms with Crippen molar-refractivity contribution in [2.75, 3.05) is 13.7 Å². The van der Waals surface area contributed by atoms with Gasteiger partial charge in [-0.1, -0.05) is 48.6 Å². The highest BCUT2D eigenvalue weighted by molar-refractivity contribution is 7.80. The Bertz CT molecular complexity index is 821. The molecule has 5 nitrogen and oxygen atoms in total. The molecule has 0 aliphatic rings. The number of phenolic OH excluding ortho intramolecular Hbond substituents is 1. The van der Waals surface area contributed by atoms with Crippen LogP contribution in [0.15, 0.2) is 48.5 Å². The summed E-state index contributed by atoms with van der Waals surface area (Å²) < 4.78 is 10.6. The summed E-state index contributed by atoms with van der Waals surface area (Å²) in [5.41, 5.74) is 1.50. The Labute approximate surface area is 178 Å². The minimum Gasteiger partial charge on any atom is -0.504 e. The second-order valence-electron chi connectivity index (χ2n) is 7.57. The van der Waals surface area contributed by atoms with Crippen molar-refractivity contribution >= 4 is 23.2 Å². The Morgan fingerprint density at radius 2 is 1.86 bits per heavy atom. The standard InChI is InChI=1S/C23H29NO4S/c1-23(2,15-17-8-5-4-6-9-17)22(26)28-13-7-10-21(29)24-16-18-11-12-19(25)20(14-18)27-3/h4-6,8-9,11-12,14,25H,7,10,13,15-16H2,1-3H3,(H,24,29). The van der Waals surface area contributed by atoms with Crippen molar-refractivity contribution in [2.24, 2.45) is 5.41 Å². The molecule has 2 rings (SSSR count). The van der Waals surface area contributed by atoms with Gasteiger partial charge in [-0.25, -0.2) is 0 Å². The number of thiocarbonyl (C=S) groups is 1. The van der Waals surface area contributed by atoms with Crippen LogP contribution in [0.25, 0.3) is 0 Å². The molecule has 6 heteroatoms. The molecule has 0 aliphatic heterocycles. The van der Waals surface area contributed by atoms with E-state index in [0.717, 1.165) is 11.1 Å². The van der Waals surface area contributed by atoms with E-state index in [1.165, 1.54) is 7.11 Å². The van der Waals surface area contributed by atoms with Gasteiger partial charge < -0.3 is 19.9 Å². The lowest BCUT2D eigenvalue weighted by atomic mass is 9.86. The number of hydrogen-bond donors (Lipinski definition) is 2. The predicted molar refractivity (Wildman–Crippen MR) is 118 cm³/mol. The number of esters is 1. The van der Waals surface area contributed by atoms with Gasteiger partial charge in [0.1, 0.15) is 0 Å². The molecule has 0 fully saturated rings. The van der Waals surface area contributed by atoms with Gasteiger partial charge in [0, 0.05) is 13.0 Å².